The van der Waals surface area contributed by atoms with Gasteiger partial charge in [-0.3, -0.25) is 18.8 Å². The van der Waals surface area contributed by atoms with Crippen molar-refractivity contribution in [2.75, 3.05) is 5.32 Å². The monoisotopic (exact) mass is 413 g/mol. The Hall–Kier alpha value is -4.27. The molecule has 0 fully saturated rings. The van der Waals surface area contributed by atoms with Gasteiger partial charge in [-0.1, -0.05) is 12.1 Å². The van der Waals surface area contributed by atoms with Crippen LogP contribution in [-0.2, 0) is 25.4 Å². The lowest BCUT2D eigenvalue weighted by Gasteiger charge is -2.08. The van der Waals surface area contributed by atoms with Crippen LogP contribution in [0.1, 0.15) is 0 Å². The molecule has 0 bridgehead atoms. The molecule has 0 spiro atoms. The number of rotatable bonds is 4. The highest BCUT2D eigenvalue weighted by atomic mass is 16.2. The van der Waals surface area contributed by atoms with E-state index in [2.05, 4.69) is 20.4 Å². The minimum Gasteiger partial charge on any atom is -0.327 e. The third kappa shape index (κ3) is 3.25. The molecule has 1 N–H and O–H groups in total. The number of benzene rings is 2. The van der Waals surface area contributed by atoms with Crippen LogP contribution in [0.15, 0.2) is 65.8 Å². The Kier molecular flexibility index (Phi) is 4.36. The highest BCUT2D eigenvalue weighted by Crippen LogP contribution is 2.24. The molecule has 3 heterocycles. The molecule has 2 aromatic carbocycles. The topological polar surface area (TPSA) is 99.6 Å². The molecule has 1 amide bonds. The molecule has 5 rings (SSSR count). The molecule has 31 heavy (non-hydrogen) atoms. The number of hydrogen-bond acceptors (Lipinski definition) is 5. The number of aromatic nitrogens is 6. The third-order valence-corrected chi connectivity index (χ3v) is 5.25. The number of amides is 1. The molecular formula is C22H19N7O2. The van der Waals surface area contributed by atoms with Crippen molar-refractivity contribution < 1.29 is 4.79 Å². The maximum absolute atomic E-state index is 12.5. The van der Waals surface area contributed by atoms with Crippen LogP contribution in [0.4, 0.5) is 5.69 Å². The molecular weight excluding hydrogens is 394 g/mol. The summed E-state index contributed by atoms with van der Waals surface area (Å²) in [4.78, 5) is 33.9. The SMILES string of the molecule is Cn1ncc2c(=O)n(CC(=O)Nc3ccc(-c4nc5ccccc5n4C)cc3)cnc21. The van der Waals surface area contributed by atoms with Crippen LogP contribution in [0, 0.1) is 0 Å². The van der Waals surface area contributed by atoms with E-state index < -0.39 is 0 Å². The number of fused-ring (bicyclic) bond motifs is 2. The van der Waals surface area contributed by atoms with Crippen molar-refractivity contribution in [3.63, 3.8) is 0 Å². The molecule has 0 aliphatic carbocycles. The highest BCUT2D eigenvalue weighted by Gasteiger charge is 2.12. The zero-order valence-electron chi connectivity index (χ0n) is 17.0. The number of para-hydroxylation sites is 2. The molecule has 0 saturated carbocycles. The van der Waals surface area contributed by atoms with Crippen molar-refractivity contribution in [2.45, 2.75) is 6.54 Å². The first-order valence-corrected chi connectivity index (χ1v) is 9.70. The van der Waals surface area contributed by atoms with Gasteiger partial charge in [-0.25, -0.2) is 9.97 Å². The second kappa shape index (κ2) is 7.21. The molecule has 9 heteroatoms. The van der Waals surface area contributed by atoms with Crippen LogP contribution in [0.25, 0.3) is 33.5 Å². The minimum absolute atomic E-state index is 0.136. The van der Waals surface area contributed by atoms with Crippen molar-refractivity contribution >= 4 is 33.7 Å². The first-order chi connectivity index (χ1) is 15.0. The van der Waals surface area contributed by atoms with E-state index in [1.807, 2.05) is 60.1 Å². The van der Waals surface area contributed by atoms with Crippen LogP contribution in [-0.4, -0.2) is 34.8 Å². The molecule has 0 radical (unpaired) electrons. The summed E-state index contributed by atoms with van der Waals surface area (Å²) in [5.74, 6) is 0.532. The summed E-state index contributed by atoms with van der Waals surface area (Å²) in [6.07, 6.45) is 2.82. The molecule has 9 nitrogen and oxygen atoms in total. The van der Waals surface area contributed by atoms with E-state index in [0.717, 1.165) is 22.4 Å². The molecule has 0 atom stereocenters. The van der Waals surface area contributed by atoms with E-state index >= 15 is 0 Å². The van der Waals surface area contributed by atoms with Crippen molar-refractivity contribution in [2.24, 2.45) is 14.1 Å². The van der Waals surface area contributed by atoms with Crippen LogP contribution in [0.3, 0.4) is 0 Å². The Morgan fingerprint density at radius 3 is 2.61 bits per heavy atom. The average Bonchev–Trinajstić information content (AvgIpc) is 3.31. The summed E-state index contributed by atoms with van der Waals surface area (Å²) in [6, 6.07) is 15.4. The number of carbonyl (C=O) groups is 1. The molecule has 0 aliphatic rings. The maximum atomic E-state index is 12.5. The standard InChI is InChI=1S/C22H19N7O2/c1-27-18-6-4-3-5-17(18)26-20(27)14-7-9-15(10-8-14)25-19(30)12-29-13-23-21-16(22(29)31)11-24-28(21)2/h3-11,13H,12H2,1-2H3,(H,25,30). The number of hydrogen-bond donors (Lipinski definition) is 1. The van der Waals surface area contributed by atoms with E-state index in [9.17, 15) is 9.59 Å². The quantitative estimate of drug-likeness (QED) is 0.487. The lowest BCUT2D eigenvalue weighted by atomic mass is 10.2. The fourth-order valence-electron chi connectivity index (χ4n) is 3.64. The van der Waals surface area contributed by atoms with E-state index in [4.69, 9.17) is 0 Å². The smallest absolute Gasteiger partial charge is 0.264 e. The van der Waals surface area contributed by atoms with E-state index in [-0.39, 0.29) is 18.0 Å². The van der Waals surface area contributed by atoms with Gasteiger partial charge >= 0.3 is 0 Å². The fourth-order valence-corrected chi connectivity index (χ4v) is 3.64. The van der Waals surface area contributed by atoms with Crippen molar-refractivity contribution in [1.82, 2.24) is 28.9 Å². The molecule has 0 saturated heterocycles. The van der Waals surface area contributed by atoms with Crippen LogP contribution >= 0.6 is 0 Å². The van der Waals surface area contributed by atoms with Gasteiger partial charge in [0.25, 0.3) is 5.56 Å². The van der Waals surface area contributed by atoms with Gasteiger partial charge in [0.1, 0.15) is 24.1 Å². The van der Waals surface area contributed by atoms with Crippen LogP contribution in [0.2, 0.25) is 0 Å². The van der Waals surface area contributed by atoms with Gasteiger partial charge in [0, 0.05) is 25.3 Å². The van der Waals surface area contributed by atoms with Gasteiger partial charge in [0.2, 0.25) is 5.91 Å². The number of nitrogens with zero attached hydrogens (tertiary/aromatic N) is 6. The second-order valence-electron chi connectivity index (χ2n) is 7.29. The Morgan fingerprint density at radius 2 is 1.84 bits per heavy atom. The first kappa shape index (κ1) is 18.7. The Morgan fingerprint density at radius 1 is 1.06 bits per heavy atom. The van der Waals surface area contributed by atoms with Gasteiger partial charge in [-0.15, -0.1) is 0 Å². The fraction of sp³-hybridized carbons (Fsp3) is 0.136. The van der Waals surface area contributed by atoms with Crippen molar-refractivity contribution in [3.8, 4) is 11.4 Å². The van der Waals surface area contributed by atoms with Gasteiger partial charge in [0.15, 0.2) is 5.65 Å². The van der Waals surface area contributed by atoms with Crippen LogP contribution in [0.5, 0.6) is 0 Å². The molecule has 154 valence electrons. The summed E-state index contributed by atoms with van der Waals surface area (Å²) < 4.78 is 4.83. The van der Waals surface area contributed by atoms with Crippen LogP contribution < -0.4 is 10.9 Å². The summed E-state index contributed by atoms with van der Waals surface area (Å²) in [6.45, 7) is -0.136. The molecule has 0 unspecified atom stereocenters. The van der Waals surface area contributed by atoms with Gasteiger partial charge in [0.05, 0.1) is 17.2 Å². The molecule has 0 aliphatic heterocycles. The van der Waals surface area contributed by atoms with Crippen molar-refractivity contribution in [3.05, 3.63) is 71.4 Å². The Balaban J connectivity index is 1.34. The Labute approximate surface area is 176 Å². The number of nitrogens with one attached hydrogen (secondary N) is 1. The third-order valence-electron chi connectivity index (χ3n) is 5.25. The Bertz CT molecular complexity index is 1490. The number of anilines is 1. The highest BCUT2D eigenvalue weighted by molar-refractivity contribution is 5.91. The minimum atomic E-state index is -0.317. The van der Waals surface area contributed by atoms with E-state index in [0.29, 0.717) is 16.7 Å². The molecule has 3 aromatic heterocycles. The zero-order chi connectivity index (χ0) is 21.5. The number of carbonyl (C=O) groups excluding carboxylic acids is 1. The summed E-state index contributed by atoms with van der Waals surface area (Å²) in [5, 5.41) is 7.23. The van der Waals surface area contributed by atoms with Gasteiger partial charge in [-0.2, -0.15) is 5.10 Å². The lowest BCUT2D eigenvalue weighted by molar-refractivity contribution is -0.116. The van der Waals surface area contributed by atoms with E-state index in [1.165, 1.54) is 21.8 Å². The molecule has 5 aromatic rings. The predicted octanol–water partition coefficient (Wildman–Crippen LogP) is 2.32. The first-order valence-electron chi connectivity index (χ1n) is 9.70. The second-order valence-corrected chi connectivity index (χ2v) is 7.29. The summed E-state index contributed by atoms with van der Waals surface area (Å²) >= 11 is 0. The van der Waals surface area contributed by atoms with E-state index in [1.54, 1.807) is 7.05 Å². The normalized spacial score (nSPS) is 11.3. The predicted molar refractivity (Wildman–Crippen MR) is 118 cm³/mol. The van der Waals surface area contributed by atoms with Gasteiger partial charge < -0.3 is 9.88 Å². The lowest BCUT2D eigenvalue weighted by Crippen LogP contribution is -2.27. The largest absolute Gasteiger partial charge is 0.327 e. The maximum Gasteiger partial charge on any atom is 0.264 e. The van der Waals surface area contributed by atoms with Crippen molar-refractivity contribution in [1.29, 1.82) is 0 Å². The summed E-state index contributed by atoms with van der Waals surface area (Å²) in [7, 11) is 3.69. The number of aryl methyl sites for hydroxylation is 2. The van der Waals surface area contributed by atoms with Gasteiger partial charge in [-0.05, 0) is 36.4 Å². The summed E-state index contributed by atoms with van der Waals surface area (Å²) in [5.41, 5.74) is 3.75. The number of imidazole rings is 1. The zero-order valence-corrected chi connectivity index (χ0v) is 17.0. The average molecular weight is 413 g/mol.